The Morgan fingerprint density at radius 2 is 2.14 bits per heavy atom. The van der Waals surface area contributed by atoms with E-state index in [2.05, 4.69) is 4.98 Å². The van der Waals surface area contributed by atoms with Gasteiger partial charge in [0.25, 0.3) is 11.5 Å². The predicted molar refractivity (Wildman–Crippen MR) is 80.3 cm³/mol. The first-order valence-corrected chi connectivity index (χ1v) is 7.24. The Labute approximate surface area is 122 Å². The Morgan fingerprint density at radius 3 is 2.95 bits per heavy atom. The van der Waals surface area contributed by atoms with Crippen molar-refractivity contribution in [3.63, 3.8) is 0 Å². The summed E-state index contributed by atoms with van der Waals surface area (Å²) >= 11 is 0. The van der Waals surface area contributed by atoms with Crippen LogP contribution in [0.5, 0.6) is 0 Å². The van der Waals surface area contributed by atoms with Gasteiger partial charge in [0.15, 0.2) is 0 Å². The van der Waals surface area contributed by atoms with Crippen molar-refractivity contribution < 1.29 is 9.90 Å². The van der Waals surface area contributed by atoms with E-state index in [4.69, 9.17) is 0 Å². The van der Waals surface area contributed by atoms with Crippen molar-refractivity contribution in [2.45, 2.75) is 25.3 Å². The van der Waals surface area contributed by atoms with Gasteiger partial charge >= 0.3 is 0 Å². The number of aliphatic hydroxyl groups is 1. The first-order chi connectivity index (χ1) is 10.2. The number of likely N-dealkylation sites (tertiary alicyclic amines) is 1. The Hall–Kier alpha value is -2.14. The van der Waals surface area contributed by atoms with Gasteiger partial charge in [-0.15, -0.1) is 0 Å². The molecule has 1 aliphatic rings. The SMILES string of the molecule is O=C(c1cc2ccccc2c(=O)[nH]1)N1CCCCC1CO. The van der Waals surface area contributed by atoms with Crippen LogP contribution in [0.25, 0.3) is 10.8 Å². The molecule has 0 bridgehead atoms. The molecular weight excluding hydrogens is 268 g/mol. The molecule has 5 nitrogen and oxygen atoms in total. The minimum Gasteiger partial charge on any atom is -0.394 e. The van der Waals surface area contributed by atoms with Gasteiger partial charge in [-0.05, 0) is 36.8 Å². The highest BCUT2D eigenvalue weighted by Crippen LogP contribution is 2.19. The Balaban J connectivity index is 1.99. The Bertz CT molecular complexity index is 723. The quantitative estimate of drug-likeness (QED) is 0.879. The van der Waals surface area contributed by atoms with E-state index in [9.17, 15) is 14.7 Å². The molecule has 1 aromatic heterocycles. The lowest BCUT2D eigenvalue weighted by atomic mass is 10.0. The summed E-state index contributed by atoms with van der Waals surface area (Å²) in [6.45, 7) is 0.586. The zero-order valence-electron chi connectivity index (χ0n) is 11.7. The van der Waals surface area contributed by atoms with Crippen molar-refractivity contribution in [2.24, 2.45) is 0 Å². The maximum Gasteiger partial charge on any atom is 0.270 e. The molecule has 3 rings (SSSR count). The molecule has 21 heavy (non-hydrogen) atoms. The van der Waals surface area contributed by atoms with Crippen molar-refractivity contribution in [1.29, 1.82) is 0 Å². The summed E-state index contributed by atoms with van der Waals surface area (Å²) in [6.07, 6.45) is 2.75. The number of aliphatic hydroxyl groups excluding tert-OH is 1. The fourth-order valence-corrected chi connectivity index (χ4v) is 2.94. The fourth-order valence-electron chi connectivity index (χ4n) is 2.94. The van der Waals surface area contributed by atoms with E-state index in [0.29, 0.717) is 17.6 Å². The number of aromatic nitrogens is 1. The number of aromatic amines is 1. The molecule has 1 aliphatic heterocycles. The molecule has 0 radical (unpaired) electrons. The molecule has 110 valence electrons. The molecule has 1 unspecified atom stereocenters. The highest BCUT2D eigenvalue weighted by Gasteiger charge is 2.27. The molecule has 5 heteroatoms. The average Bonchev–Trinajstić information content (AvgIpc) is 2.54. The number of carbonyl (C=O) groups excluding carboxylic acids is 1. The first kappa shape index (κ1) is 13.8. The molecule has 1 aromatic carbocycles. The number of nitrogens with zero attached hydrogens (tertiary/aromatic N) is 1. The van der Waals surface area contributed by atoms with Crippen molar-refractivity contribution in [3.05, 3.63) is 46.4 Å². The molecule has 2 N–H and O–H groups in total. The summed E-state index contributed by atoms with van der Waals surface area (Å²) < 4.78 is 0. The van der Waals surface area contributed by atoms with Gasteiger partial charge in [-0.2, -0.15) is 0 Å². The molecule has 0 spiro atoms. The maximum atomic E-state index is 12.6. The molecule has 2 aromatic rings. The average molecular weight is 286 g/mol. The van der Waals surface area contributed by atoms with Gasteiger partial charge in [0, 0.05) is 11.9 Å². The second-order valence-electron chi connectivity index (χ2n) is 5.43. The van der Waals surface area contributed by atoms with E-state index >= 15 is 0 Å². The molecule has 1 fully saturated rings. The van der Waals surface area contributed by atoms with E-state index in [1.54, 1.807) is 23.1 Å². The lowest BCUT2D eigenvalue weighted by Crippen LogP contribution is -2.46. The largest absolute Gasteiger partial charge is 0.394 e. The van der Waals surface area contributed by atoms with Gasteiger partial charge in [0.1, 0.15) is 5.69 Å². The van der Waals surface area contributed by atoms with Crippen LogP contribution in [0.1, 0.15) is 29.8 Å². The van der Waals surface area contributed by atoms with Crippen LogP contribution >= 0.6 is 0 Å². The summed E-state index contributed by atoms with van der Waals surface area (Å²) in [5.41, 5.74) is 0.0352. The van der Waals surface area contributed by atoms with Gasteiger partial charge in [0.2, 0.25) is 0 Å². The van der Waals surface area contributed by atoms with Gasteiger partial charge in [0.05, 0.1) is 12.6 Å². The second kappa shape index (κ2) is 5.69. The topological polar surface area (TPSA) is 73.4 Å². The fraction of sp³-hybridized carbons (Fsp3) is 0.375. The van der Waals surface area contributed by atoms with Crippen molar-refractivity contribution in [2.75, 3.05) is 13.2 Å². The number of H-pyrrole nitrogens is 1. The molecule has 2 heterocycles. The van der Waals surface area contributed by atoms with Crippen LogP contribution < -0.4 is 5.56 Å². The number of benzene rings is 1. The summed E-state index contributed by atoms with van der Waals surface area (Å²) in [5.74, 6) is -0.211. The van der Waals surface area contributed by atoms with Crippen LogP contribution in [0.2, 0.25) is 0 Å². The van der Waals surface area contributed by atoms with Crippen molar-refractivity contribution in [1.82, 2.24) is 9.88 Å². The van der Waals surface area contributed by atoms with Crippen LogP contribution in [0.4, 0.5) is 0 Å². The van der Waals surface area contributed by atoms with Crippen LogP contribution in [0.15, 0.2) is 35.1 Å². The molecular formula is C16H18N2O3. The van der Waals surface area contributed by atoms with Gasteiger partial charge in [-0.1, -0.05) is 18.2 Å². The van der Waals surface area contributed by atoms with E-state index in [1.165, 1.54) is 0 Å². The van der Waals surface area contributed by atoms with Gasteiger partial charge < -0.3 is 15.0 Å². The number of pyridine rings is 1. The van der Waals surface area contributed by atoms with E-state index in [-0.39, 0.29) is 24.1 Å². The third kappa shape index (κ3) is 2.56. The summed E-state index contributed by atoms with van der Waals surface area (Å²) in [7, 11) is 0. The number of carbonyl (C=O) groups is 1. The third-order valence-electron chi connectivity index (χ3n) is 4.08. The molecule has 1 atom stereocenters. The number of rotatable bonds is 2. The number of piperidine rings is 1. The van der Waals surface area contributed by atoms with E-state index in [0.717, 1.165) is 24.6 Å². The minimum atomic E-state index is -0.256. The smallest absolute Gasteiger partial charge is 0.270 e. The monoisotopic (exact) mass is 286 g/mol. The number of fused-ring (bicyclic) bond motifs is 1. The Morgan fingerprint density at radius 1 is 1.33 bits per heavy atom. The summed E-state index contributed by atoms with van der Waals surface area (Å²) in [5, 5.41) is 10.7. The van der Waals surface area contributed by atoms with Crippen LogP contribution in [0.3, 0.4) is 0 Å². The molecule has 1 amide bonds. The standard InChI is InChI=1S/C16H18N2O3/c19-10-12-6-3-4-8-18(12)16(21)14-9-11-5-1-2-7-13(11)15(20)17-14/h1-2,5,7,9,12,19H,3-4,6,8,10H2,(H,17,20). The predicted octanol–water partition coefficient (Wildman–Crippen LogP) is 1.52. The van der Waals surface area contributed by atoms with Crippen molar-refractivity contribution in [3.8, 4) is 0 Å². The maximum absolute atomic E-state index is 12.6. The zero-order valence-corrected chi connectivity index (χ0v) is 11.7. The number of amides is 1. The van der Waals surface area contributed by atoms with E-state index in [1.807, 2.05) is 12.1 Å². The zero-order chi connectivity index (χ0) is 14.8. The highest BCUT2D eigenvalue weighted by atomic mass is 16.3. The van der Waals surface area contributed by atoms with E-state index < -0.39 is 0 Å². The number of hydrogen-bond acceptors (Lipinski definition) is 3. The minimum absolute atomic E-state index is 0.0381. The van der Waals surface area contributed by atoms with Gasteiger partial charge in [-0.3, -0.25) is 9.59 Å². The van der Waals surface area contributed by atoms with Crippen LogP contribution in [-0.4, -0.2) is 40.1 Å². The molecule has 0 aliphatic carbocycles. The first-order valence-electron chi connectivity index (χ1n) is 7.24. The normalized spacial score (nSPS) is 18.9. The lowest BCUT2D eigenvalue weighted by Gasteiger charge is -2.34. The number of hydrogen-bond donors (Lipinski definition) is 2. The highest BCUT2D eigenvalue weighted by molar-refractivity contribution is 5.96. The molecule has 0 saturated carbocycles. The summed E-state index contributed by atoms with van der Waals surface area (Å²) in [6, 6.07) is 8.75. The lowest BCUT2D eigenvalue weighted by molar-refractivity contribution is 0.0497. The van der Waals surface area contributed by atoms with Gasteiger partial charge in [-0.25, -0.2) is 0 Å². The Kier molecular flexibility index (Phi) is 3.75. The van der Waals surface area contributed by atoms with Crippen LogP contribution in [-0.2, 0) is 0 Å². The van der Waals surface area contributed by atoms with Crippen LogP contribution in [0, 0.1) is 0 Å². The summed E-state index contributed by atoms with van der Waals surface area (Å²) in [4.78, 5) is 29.0. The second-order valence-corrected chi connectivity index (χ2v) is 5.43. The van der Waals surface area contributed by atoms with Crippen molar-refractivity contribution >= 4 is 16.7 Å². The third-order valence-corrected chi connectivity index (χ3v) is 4.08. The number of nitrogens with one attached hydrogen (secondary N) is 1. The molecule has 1 saturated heterocycles.